The number of nitrogens with one attached hydrogen (secondary N) is 1. The van der Waals surface area contributed by atoms with Gasteiger partial charge in [-0.1, -0.05) is 30.7 Å². The van der Waals surface area contributed by atoms with Crippen molar-refractivity contribution in [2.24, 2.45) is 10.7 Å². The summed E-state index contributed by atoms with van der Waals surface area (Å²) in [4.78, 5) is 7.07. The topological polar surface area (TPSA) is 62.9 Å². The van der Waals surface area contributed by atoms with Gasteiger partial charge in [0.25, 0.3) is 0 Å². The molecule has 1 aliphatic heterocycles. The van der Waals surface area contributed by atoms with E-state index in [2.05, 4.69) is 33.9 Å². The van der Waals surface area contributed by atoms with Crippen molar-refractivity contribution < 1.29 is 4.74 Å². The van der Waals surface area contributed by atoms with Crippen LogP contribution in [0.1, 0.15) is 37.8 Å². The standard InChI is InChI=1S/C19H30N4O.HI/c1-15(2)13-21-19(20)22-14-18(23-11-5-4-6-12-23)16-7-9-17(24-3)10-8-16;/h7-10,18H,1,4-6,11-14H2,2-3H3,(H3,20,21,22);1H. The van der Waals surface area contributed by atoms with Crippen molar-refractivity contribution in [1.29, 1.82) is 0 Å². The minimum Gasteiger partial charge on any atom is -0.497 e. The number of ether oxygens (including phenoxy) is 1. The van der Waals surface area contributed by atoms with Gasteiger partial charge in [-0.05, 0) is 50.6 Å². The molecule has 0 aromatic heterocycles. The smallest absolute Gasteiger partial charge is 0.188 e. The van der Waals surface area contributed by atoms with Crippen LogP contribution in [0, 0.1) is 0 Å². The third-order valence-electron chi connectivity index (χ3n) is 4.34. The fraction of sp³-hybridized carbons (Fsp3) is 0.526. The number of nitrogens with two attached hydrogens (primary N) is 1. The monoisotopic (exact) mass is 458 g/mol. The van der Waals surface area contributed by atoms with Gasteiger partial charge < -0.3 is 15.8 Å². The van der Waals surface area contributed by atoms with E-state index in [9.17, 15) is 0 Å². The molecule has 0 saturated carbocycles. The van der Waals surface area contributed by atoms with Gasteiger partial charge in [0.2, 0.25) is 0 Å². The van der Waals surface area contributed by atoms with E-state index in [-0.39, 0.29) is 30.0 Å². The molecule has 6 heteroatoms. The second kappa shape index (κ2) is 11.4. The number of guanidine groups is 1. The Morgan fingerprint density at radius 3 is 2.48 bits per heavy atom. The third kappa shape index (κ3) is 7.23. The molecule has 0 amide bonds. The summed E-state index contributed by atoms with van der Waals surface area (Å²) >= 11 is 0. The van der Waals surface area contributed by atoms with Crippen LogP contribution in [0.5, 0.6) is 5.75 Å². The van der Waals surface area contributed by atoms with Gasteiger partial charge >= 0.3 is 0 Å². The first-order valence-corrected chi connectivity index (χ1v) is 8.66. The minimum absolute atomic E-state index is 0. The highest BCUT2D eigenvalue weighted by Gasteiger charge is 2.22. The van der Waals surface area contributed by atoms with E-state index in [0.29, 0.717) is 19.0 Å². The van der Waals surface area contributed by atoms with Crippen LogP contribution in [-0.2, 0) is 0 Å². The molecule has 1 atom stereocenters. The molecule has 1 saturated heterocycles. The van der Waals surface area contributed by atoms with Gasteiger partial charge in [-0.25, -0.2) is 0 Å². The zero-order valence-corrected chi connectivity index (χ0v) is 17.7. The van der Waals surface area contributed by atoms with Crippen molar-refractivity contribution in [3.63, 3.8) is 0 Å². The second-order valence-electron chi connectivity index (χ2n) is 6.42. The van der Waals surface area contributed by atoms with Crippen molar-refractivity contribution >= 4 is 29.9 Å². The van der Waals surface area contributed by atoms with E-state index < -0.39 is 0 Å². The Labute approximate surface area is 168 Å². The van der Waals surface area contributed by atoms with Gasteiger partial charge in [0.05, 0.1) is 19.7 Å². The van der Waals surface area contributed by atoms with E-state index in [1.54, 1.807) is 7.11 Å². The quantitative estimate of drug-likeness (QED) is 0.285. The second-order valence-corrected chi connectivity index (χ2v) is 6.42. The Balaban J connectivity index is 0.00000312. The summed E-state index contributed by atoms with van der Waals surface area (Å²) < 4.78 is 5.27. The van der Waals surface area contributed by atoms with Crippen molar-refractivity contribution in [3.05, 3.63) is 42.0 Å². The summed E-state index contributed by atoms with van der Waals surface area (Å²) in [6.45, 7) is 9.38. The summed E-state index contributed by atoms with van der Waals surface area (Å²) in [6.07, 6.45) is 3.82. The summed E-state index contributed by atoms with van der Waals surface area (Å²) in [5, 5.41) is 3.10. The minimum atomic E-state index is 0. The van der Waals surface area contributed by atoms with Gasteiger partial charge in [0.15, 0.2) is 5.96 Å². The molecular formula is C19H31IN4O. The lowest BCUT2D eigenvalue weighted by atomic mass is 10.0. The van der Waals surface area contributed by atoms with Crippen LogP contribution in [0.3, 0.4) is 0 Å². The van der Waals surface area contributed by atoms with Gasteiger partial charge in [-0.15, -0.1) is 24.0 Å². The summed E-state index contributed by atoms with van der Waals surface area (Å²) in [5.74, 6) is 1.36. The van der Waals surface area contributed by atoms with Gasteiger partial charge in [-0.2, -0.15) is 0 Å². The Hall–Kier alpha value is -1.28. The number of hydrogen-bond donors (Lipinski definition) is 2. The lowest BCUT2D eigenvalue weighted by molar-refractivity contribution is 0.168. The number of hydrogen-bond acceptors (Lipinski definition) is 3. The van der Waals surface area contributed by atoms with Crippen LogP contribution in [-0.4, -0.2) is 44.1 Å². The molecule has 0 spiro atoms. The molecule has 3 N–H and O–H groups in total. The molecule has 1 aromatic carbocycles. The predicted molar refractivity (Wildman–Crippen MR) is 116 cm³/mol. The van der Waals surface area contributed by atoms with E-state index in [4.69, 9.17) is 10.5 Å². The lowest BCUT2D eigenvalue weighted by Gasteiger charge is -2.34. The molecule has 1 aliphatic rings. The SMILES string of the molecule is C=C(C)CNC(N)=NCC(c1ccc(OC)cc1)N1CCCCC1.I. The number of halogens is 1. The first-order chi connectivity index (χ1) is 11.6. The van der Waals surface area contributed by atoms with Crippen LogP contribution < -0.4 is 15.8 Å². The number of methoxy groups -OCH3 is 1. The highest BCUT2D eigenvalue weighted by Crippen LogP contribution is 2.26. The molecule has 0 bridgehead atoms. The van der Waals surface area contributed by atoms with Crippen molar-refractivity contribution in [1.82, 2.24) is 10.2 Å². The zero-order valence-electron chi connectivity index (χ0n) is 15.3. The lowest BCUT2D eigenvalue weighted by Crippen LogP contribution is -2.37. The average molecular weight is 458 g/mol. The molecule has 1 unspecified atom stereocenters. The van der Waals surface area contributed by atoms with Crippen LogP contribution in [0.4, 0.5) is 0 Å². The maximum Gasteiger partial charge on any atom is 0.188 e. The van der Waals surface area contributed by atoms with E-state index in [1.165, 1.54) is 24.8 Å². The number of rotatable bonds is 7. The van der Waals surface area contributed by atoms with Crippen molar-refractivity contribution in [2.75, 3.05) is 33.3 Å². The molecule has 0 aliphatic carbocycles. The molecule has 5 nitrogen and oxygen atoms in total. The maximum atomic E-state index is 5.98. The van der Waals surface area contributed by atoms with Crippen LogP contribution in [0.15, 0.2) is 41.4 Å². The highest BCUT2D eigenvalue weighted by molar-refractivity contribution is 14.0. The van der Waals surface area contributed by atoms with Crippen LogP contribution in [0.25, 0.3) is 0 Å². The average Bonchev–Trinajstić information content (AvgIpc) is 2.61. The van der Waals surface area contributed by atoms with Gasteiger partial charge in [0, 0.05) is 6.54 Å². The van der Waals surface area contributed by atoms with E-state index in [1.807, 2.05) is 19.1 Å². The number of piperidine rings is 1. The van der Waals surface area contributed by atoms with Crippen molar-refractivity contribution in [3.8, 4) is 5.75 Å². The Kier molecular flexibility index (Phi) is 9.89. The van der Waals surface area contributed by atoms with Gasteiger partial charge in [-0.3, -0.25) is 9.89 Å². The summed E-state index contributed by atoms with van der Waals surface area (Å²) in [7, 11) is 1.69. The highest BCUT2D eigenvalue weighted by atomic mass is 127. The van der Waals surface area contributed by atoms with Crippen LogP contribution >= 0.6 is 24.0 Å². The first kappa shape index (κ1) is 21.8. The Morgan fingerprint density at radius 2 is 1.92 bits per heavy atom. The molecule has 140 valence electrons. The van der Waals surface area contributed by atoms with E-state index >= 15 is 0 Å². The van der Waals surface area contributed by atoms with E-state index in [0.717, 1.165) is 24.4 Å². The number of aliphatic imine (C=N–C) groups is 1. The number of nitrogens with zero attached hydrogens (tertiary/aromatic N) is 2. The maximum absolute atomic E-state index is 5.98. The number of benzene rings is 1. The zero-order chi connectivity index (χ0) is 17.4. The molecule has 1 heterocycles. The summed E-state index contributed by atoms with van der Waals surface area (Å²) in [6, 6.07) is 8.54. The third-order valence-corrected chi connectivity index (χ3v) is 4.34. The molecule has 2 rings (SSSR count). The Bertz CT molecular complexity index is 553. The molecule has 0 radical (unpaired) electrons. The fourth-order valence-corrected chi connectivity index (χ4v) is 2.97. The molecule has 1 aromatic rings. The normalized spacial score (nSPS) is 16.6. The fourth-order valence-electron chi connectivity index (χ4n) is 2.97. The number of likely N-dealkylation sites (tertiary alicyclic amines) is 1. The summed E-state index contributed by atoms with van der Waals surface area (Å²) in [5.41, 5.74) is 8.28. The Morgan fingerprint density at radius 1 is 1.28 bits per heavy atom. The molecular weight excluding hydrogens is 427 g/mol. The largest absolute Gasteiger partial charge is 0.497 e. The first-order valence-electron chi connectivity index (χ1n) is 8.66. The van der Waals surface area contributed by atoms with Gasteiger partial charge in [0.1, 0.15) is 5.75 Å². The van der Waals surface area contributed by atoms with Crippen LogP contribution in [0.2, 0.25) is 0 Å². The van der Waals surface area contributed by atoms with Crippen molar-refractivity contribution in [2.45, 2.75) is 32.2 Å². The molecule has 25 heavy (non-hydrogen) atoms. The molecule has 1 fully saturated rings. The predicted octanol–water partition coefficient (Wildman–Crippen LogP) is 3.32.